The molecule has 6 nitrogen and oxygen atoms in total. The maximum atomic E-state index is 12.2. The monoisotopic (exact) mass is 381 g/mol. The third-order valence-corrected chi connectivity index (χ3v) is 5.49. The maximum absolute atomic E-state index is 12.2. The number of nitrogens with zero attached hydrogens (tertiary/aromatic N) is 4. The highest BCUT2D eigenvalue weighted by molar-refractivity contribution is 7.99. The van der Waals surface area contributed by atoms with E-state index in [0.717, 1.165) is 21.8 Å². The predicted octanol–water partition coefficient (Wildman–Crippen LogP) is 3.89. The molecule has 8 heteroatoms. The molecule has 0 unspecified atom stereocenters. The first-order chi connectivity index (χ1) is 12.7. The van der Waals surface area contributed by atoms with Crippen molar-refractivity contribution in [3.05, 3.63) is 59.5 Å². The summed E-state index contributed by atoms with van der Waals surface area (Å²) >= 11 is 2.94. The third-order valence-electron chi connectivity index (χ3n) is 3.68. The molecule has 3 aromatic heterocycles. The van der Waals surface area contributed by atoms with Crippen molar-refractivity contribution >= 4 is 40.3 Å². The fraction of sp³-hybridized carbons (Fsp3) is 0.111. The summed E-state index contributed by atoms with van der Waals surface area (Å²) in [7, 11) is 0. The number of fused-ring (bicyclic) bond motifs is 1. The highest BCUT2D eigenvalue weighted by Crippen LogP contribution is 2.24. The van der Waals surface area contributed by atoms with Crippen molar-refractivity contribution in [3.63, 3.8) is 0 Å². The van der Waals surface area contributed by atoms with Gasteiger partial charge in [0, 0.05) is 5.69 Å². The maximum Gasteiger partial charge on any atom is 0.234 e. The number of anilines is 1. The summed E-state index contributed by atoms with van der Waals surface area (Å²) in [4.78, 5) is 13.3. The number of hydrogen-bond acceptors (Lipinski definition) is 6. The number of aromatic nitrogens is 4. The Bertz CT molecular complexity index is 1040. The molecule has 4 aromatic rings. The van der Waals surface area contributed by atoms with Gasteiger partial charge in [-0.05, 0) is 42.6 Å². The van der Waals surface area contributed by atoms with Gasteiger partial charge in [0.15, 0.2) is 5.65 Å². The van der Waals surface area contributed by atoms with Crippen molar-refractivity contribution in [1.29, 1.82) is 0 Å². The van der Waals surface area contributed by atoms with E-state index in [9.17, 15) is 4.79 Å². The Morgan fingerprint density at radius 2 is 2.00 bits per heavy atom. The van der Waals surface area contributed by atoms with Gasteiger partial charge in [0.25, 0.3) is 0 Å². The quantitative estimate of drug-likeness (QED) is 0.531. The number of rotatable bonds is 5. The molecule has 0 bridgehead atoms. The van der Waals surface area contributed by atoms with Crippen molar-refractivity contribution in [2.24, 2.45) is 0 Å². The largest absolute Gasteiger partial charge is 0.325 e. The van der Waals surface area contributed by atoms with E-state index in [-0.39, 0.29) is 11.7 Å². The number of nitrogens with one attached hydrogen (secondary N) is 1. The fourth-order valence-corrected chi connectivity index (χ4v) is 3.76. The smallest absolute Gasteiger partial charge is 0.234 e. The van der Waals surface area contributed by atoms with E-state index in [0.29, 0.717) is 10.8 Å². The van der Waals surface area contributed by atoms with Crippen LogP contribution in [-0.2, 0) is 4.79 Å². The molecule has 0 aliphatic rings. The minimum absolute atomic E-state index is 0.0926. The van der Waals surface area contributed by atoms with Crippen LogP contribution in [0.3, 0.4) is 0 Å². The van der Waals surface area contributed by atoms with Crippen LogP contribution in [-0.4, -0.2) is 31.5 Å². The Morgan fingerprint density at radius 1 is 1.15 bits per heavy atom. The molecule has 0 saturated heterocycles. The van der Waals surface area contributed by atoms with Crippen LogP contribution in [0.4, 0.5) is 5.69 Å². The third kappa shape index (κ3) is 3.61. The topological polar surface area (TPSA) is 72.2 Å². The number of carbonyl (C=O) groups excluding carboxylic acids is 1. The molecule has 26 heavy (non-hydrogen) atoms. The summed E-state index contributed by atoms with van der Waals surface area (Å²) in [6, 6.07) is 15.5. The standard InChI is InChI=1S/C18H15N5OS2/c1-12-4-6-13(7-5-12)19-17(24)11-26-18-21-20-16-9-8-14(22-23(16)18)15-3-2-10-25-15/h2-10H,11H2,1H3,(H,19,24). The van der Waals surface area contributed by atoms with E-state index in [1.54, 1.807) is 15.9 Å². The van der Waals surface area contributed by atoms with Crippen molar-refractivity contribution in [2.75, 3.05) is 11.1 Å². The minimum Gasteiger partial charge on any atom is -0.325 e. The molecule has 0 fully saturated rings. The highest BCUT2D eigenvalue weighted by Gasteiger charge is 2.12. The van der Waals surface area contributed by atoms with Gasteiger partial charge in [-0.3, -0.25) is 4.79 Å². The average Bonchev–Trinajstić information content (AvgIpc) is 3.31. The van der Waals surface area contributed by atoms with Gasteiger partial charge in [-0.25, -0.2) is 0 Å². The van der Waals surface area contributed by atoms with Crippen molar-refractivity contribution in [2.45, 2.75) is 12.1 Å². The Morgan fingerprint density at radius 3 is 2.77 bits per heavy atom. The van der Waals surface area contributed by atoms with Crippen molar-refractivity contribution in [1.82, 2.24) is 19.8 Å². The lowest BCUT2D eigenvalue weighted by Gasteiger charge is -2.05. The van der Waals surface area contributed by atoms with Gasteiger partial charge in [-0.1, -0.05) is 35.5 Å². The number of thiophene rings is 1. The molecule has 0 spiro atoms. The van der Waals surface area contributed by atoms with Crippen molar-refractivity contribution < 1.29 is 4.79 Å². The number of hydrogen-bond donors (Lipinski definition) is 1. The zero-order valence-corrected chi connectivity index (χ0v) is 15.5. The van der Waals surface area contributed by atoms with Crippen LogP contribution in [0.5, 0.6) is 0 Å². The molecule has 130 valence electrons. The summed E-state index contributed by atoms with van der Waals surface area (Å²) < 4.78 is 1.68. The molecule has 0 saturated carbocycles. The summed E-state index contributed by atoms with van der Waals surface area (Å²) in [6.07, 6.45) is 0. The number of amides is 1. The molecule has 1 N–H and O–H groups in total. The first-order valence-corrected chi connectivity index (χ1v) is 9.81. The lowest BCUT2D eigenvalue weighted by molar-refractivity contribution is -0.113. The van der Waals surface area contributed by atoms with Crippen LogP contribution in [0.1, 0.15) is 5.56 Å². The second kappa shape index (κ2) is 7.27. The van der Waals surface area contributed by atoms with Gasteiger partial charge >= 0.3 is 0 Å². The average molecular weight is 381 g/mol. The van der Waals surface area contributed by atoms with Crippen LogP contribution in [0, 0.1) is 6.92 Å². The number of carbonyl (C=O) groups is 1. The van der Waals surface area contributed by atoms with Crippen LogP contribution in [0.15, 0.2) is 59.1 Å². The second-order valence-corrected chi connectivity index (χ2v) is 7.54. The Balaban J connectivity index is 1.47. The molecular weight excluding hydrogens is 366 g/mol. The first kappa shape index (κ1) is 16.7. The zero-order valence-electron chi connectivity index (χ0n) is 13.9. The molecule has 1 aromatic carbocycles. The molecule has 3 heterocycles. The highest BCUT2D eigenvalue weighted by atomic mass is 32.2. The molecular formula is C18H15N5OS2. The van der Waals surface area contributed by atoms with E-state index in [1.165, 1.54) is 11.8 Å². The fourth-order valence-electron chi connectivity index (χ4n) is 2.38. The van der Waals surface area contributed by atoms with E-state index < -0.39 is 0 Å². The molecule has 4 rings (SSSR count). The summed E-state index contributed by atoms with van der Waals surface area (Å²) in [6.45, 7) is 2.01. The van der Waals surface area contributed by atoms with E-state index in [2.05, 4.69) is 20.6 Å². The number of aryl methyl sites for hydroxylation is 1. The Labute approximate surface area is 158 Å². The van der Waals surface area contributed by atoms with Crippen molar-refractivity contribution in [3.8, 4) is 10.6 Å². The van der Waals surface area contributed by atoms with E-state index in [4.69, 9.17) is 0 Å². The SMILES string of the molecule is Cc1ccc(NC(=O)CSc2nnc3ccc(-c4cccs4)nn23)cc1. The van der Waals surface area contributed by atoms with Gasteiger partial charge in [0.1, 0.15) is 5.69 Å². The Kier molecular flexibility index (Phi) is 4.68. The molecule has 1 amide bonds. The second-order valence-electron chi connectivity index (χ2n) is 5.65. The van der Waals surface area contributed by atoms with Gasteiger partial charge in [-0.15, -0.1) is 21.5 Å². The van der Waals surface area contributed by atoms with Gasteiger partial charge in [-0.2, -0.15) is 9.61 Å². The number of thioether (sulfide) groups is 1. The molecule has 0 aliphatic carbocycles. The molecule has 0 radical (unpaired) electrons. The van der Waals surface area contributed by atoms with Crippen LogP contribution in [0.2, 0.25) is 0 Å². The lowest BCUT2D eigenvalue weighted by Crippen LogP contribution is -2.14. The van der Waals surface area contributed by atoms with Gasteiger partial charge in [0.2, 0.25) is 11.1 Å². The van der Waals surface area contributed by atoms with Gasteiger partial charge < -0.3 is 5.32 Å². The summed E-state index contributed by atoms with van der Waals surface area (Å²) in [5.41, 5.74) is 3.45. The molecule has 0 atom stereocenters. The number of benzene rings is 1. The van der Waals surface area contributed by atoms with Gasteiger partial charge in [0.05, 0.1) is 10.6 Å². The Hall–Kier alpha value is -2.71. The normalized spacial score (nSPS) is 11.0. The predicted molar refractivity (Wildman–Crippen MR) is 105 cm³/mol. The first-order valence-electron chi connectivity index (χ1n) is 7.95. The summed E-state index contributed by atoms with van der Waals surface area (Å²) in [5.74, 6) is 0.143. The van der Waals surface area contributed by atoms with E-state index >= 15 is 0 Å². The zero-order chi connectivity index (χ0) is 17.9. The molecule has 0 aliphatic heterocycles. The lowest BCUT2D eigenvalue weighted by atomic mass is 10.2. The minimum atomic E-state index is -0.0926. The van der Waals surface area contributed by atoms with Crippen LogP contribution < -0.4 is 5.32 Å². The summed E-state index contributed by atoms with van der Waals surface area (Å²) in [5, 5.41) is 18.3. The van der Waals surface area contributed by atoms with Crippen LogP contribution >= 0.6 is 23.1 Å². The van der Waals surface area contributed by atoms with E-state index in [1.807, 2.05) is 60.8 Å². The van der Waals surface area contributed by atoms with Crippen LogP contribution in [0.25, 0.3) is 16.2 Å².